The molecule has 0 saturated heterocycles. The Bertz CT molecular complexity index is 330. The molecule has 0 aliphatic carbocycles. The summed E-state index contributed by atoms with van der Waals surface area (Å²) in [4.78, 5) is 0. The zero-order chi connectivity index (χ0) is 15.5. The summed E-state index contributed by atoms with van der Waals surface area (Å²) in [6, 6.07) is 0. The standard InChI is InChI=1S/C15H33BO3S/c1-4-6-8-10-12-14-15(3,16-20(17,18)19)13-11-9-7-5-2/h16H,4-14H2,1-3H3,(H,17,18,19). The van der Waals surface area contributed by atoms with E-state index >= 15 is 0 Å². The molecule has 3 nitrogen and oxygen atoms in total. The van der Waals surface area contributed by atoms with Crippen LogP contribution >= 0.6 is 0 Å². The van der Waals surface area contributed by atoms with Crippen molar-refractivity contribution in [3.63, 3.8) is 0 Å². The van der Waals surface area contributed by atoms with Crippen molar-refractivity contribution < 1.29 is 13.0 Å². The molecule has 0 aliphatic rings. The van der Waals surface area contributed by atoms with E-state index in [0.717, 1.165) is 32.1 Å². The van der Waals surface area contributed by atoms with E-state index in [2.05, 4.69) is 13.8 Å². The highest BCUT2D eigenvalue weighted by Crippen LogP contribution is 2.38. The summed E-state index contributed by atoms with van der Waals surface area (Å²) < 4.78 is 31.6. The molecule has 0 amide bonds. The maximum atomic E-state index is 11.2. The zero-order valence-electron chi connectivity index (χ0n) is 13.7. The molecule has 0 aromatic carbocycles. The van der Waals surface area contributed by atoms with Crippen molar-refractivity contribution in [2.75, 3.05) is 0 Å². The van der Waals surface area contributed by atoms with Crippen LogP contribution in [0.1, 0.15) is 91.4 Å². The second kappa shape index (κ2) is 10.7. The number of rotatable bonds is 13. The first-order valence-corrected chi connectivity index (χ1v) is 9.89. The van der Waals surface area contributed by atoms with Crippen molar-refractivity contribution in [2.24, 2.45) is 0 Å². The van der Waals surface area contributed by atoms with Gasteiger partial charge in [-0.2, -0.15) is 0 Å². The smallest absolute Gasteiger partial charge is 0.295 e. The van der Waals surface area contributed by atoms with Gasteiger partial charge in [0.1, 0.15) is 0 Å². The van der Waals surface area contributed by atoms with Gasteiger partial charge in [0.25, 0.3) is 0 Å². The topological polar surface area (TPSA) is 54.4 Å². The Morgan fingerprint density at radius 3 is 1.65 bits per heavy atom. The van der Waals surface area contributed by atoms with Gasteiger partial charge in [-0.1, -0.05) is 91.4 Å². The number of unbranched alkanes of at least 4 members (excludes halogenated alkanes) is 7. The van der Waals surface area contributed by atoms with Crippen LogP contribution < -0.4 is 0 Å². The lowest BCUT2D eigenvalue weighted by Crippen LogP contribution is -2.24. The van der Waals surface area contributed by atoms with Gasteiger partial charge in [0.05, 0.1) is 0 Å². The van der Waals surface area contributed by atoms with Crippen molar-refractivity contribution in [2.45, 2.75) is 96.7 Å². The first-order valence-electron chi connectivity index (χ1n) is 8.28. The van der Waals surface area contributed by atoms with Gasteiger partial charge in [0.15, 0.2) is 0 Å². The maximum absolute atomic E-state index is 11.2. The Morgan fingerprint density at radius 1 is 0.850 bits per heavy atom. The summed E-state index contributed by atoms with van der Waals surface area (Å²) in [7, 11) is -3.87. The first kappa shape index (κ1) is 20.0. The van der Waals surface area contributed by atoms with E-state index in [1.165, 1.54) is 38.5 Å². The molecule has 0 spiro atoms. The lowest BCUT2D eigenvalue weighted by atomic mass is 9.63. The Hall–Kier alpha value is -0.0251. The van der Waals surface area contributed by atoms with E-state index in [-0.39, 0.29) is 11.9 Å². The van der Waals surface area contributed by atoms with E-state index in [1.54, 1.807) is 0 Å². The van der Waals surface area contributed by atoms with E-state index in [4.69, 9.17) is 4.55 Å². The van der Waals surface area contributed by atoms with Crippen LogP contribution in [0.5, 0.6) is 0 Å². The number of hydrogen-bond acceptors (Lipinski definition) is 2. The lowest BCUT2D eigenvalue weighted by Gasteiger charge is -2.27. The van der Waals surface area contributed by atoms with Crippen molar-refractivity contribution in [3.05, 3.63) is 0 Å². The minimum atomic E-state index is -3.87. The Balaban J connectivity index is 4.23. The Morgan fingerprint density at radius 2 is 1.25 bits per heavy atom. The largest absolute Gasteiger partial charge is 0.315 e. The van der Waals surface area contributed by atoms with Gasteiger partial charge in [-0.15, -0.1) is 0 Å². The van der Waals surface area contributed by atoms with Gasteiger partial charge >= 0.3 is 6.56 Å². The second-order valence-electron chi connectivity index (χ2n) is 6.51. The molecule has 0 aromatic heterocycles. The van der Waals surface area contributed by atoms with Gasteiger partial charge in [0.2, 0.25) is 9.97 Å². The van der Waals surface area contributed by atoms with Crippen molar-refractivity contribution in [1.29, 1.82) is 0 Å². The van der Waals surface area contributed by atoms with Gasteiger partial charge in [0, 0.05) is 0 Å². The molecule has 0 radical (unpaired) electrons. The quantitative estimate of drug-likeness (QED) is 0.304. The highest BCUT2D eigenvalue weighted by molar-refractivity contribution is 8.11. The predicted octanol–water partition coefficient (Wildman–Crippen LogP) is 4.74. The minimum Gasteiger partial charge on any atom is -0.295 e. The molecule has 0 bridgehead atoms. The summed E-state index contributed by atoms with van der Waals surface area (Å²) in [5.74, 6) is 0. The molecular weight excluding hydrogens is 271 g/mol. The van der Waals surface area contributed by atoms with E-state index in [9.17, 15) is 8.42 Å². The third kappa shape index (κ3) is 11.8. The zero-order valence-corrected chi connectivity index (χ0v) is 14.5. The molecule has 5 heteroatoms. The molecule has 1 unspecified atom stereocenters. The van der Waals surface area contributed by atoms with Gasteiger partial charge < -0.3 is 0 Å². The fourth-order valence-corrected chi connectivity index (χ4v) is 4.01. The molecule has 120 valence electrons. The summed E-state index contributed by atoms with van der Waals surface area (Å²) in [5.41, 5.74) is 0. The Kier molecular flexibility index (Phi) is 10.7. The molecule has 0 aliphatic heterocycles. The number of hydrogen-bond donors (Lipinski definition) is 1. The van der Waals surface area contributed by atoms with Crippen molar-refractivity contribution in [1.82, 2.24) is 0 Å². The molecule has 0 fully saturated rings. The van der Waals surface area contributed by atoms with Gasteiger partial charge in [-0.05, 0) is 5.31 Å². The molecule has 0 heterocycles. The third-order valence-electron chi connectivity index (χ3n) is 4.05. The molecule has 1 N–H and O–H groups in total. The molecular formula is C15H33BO3S. The third-order valence-corrected chi connectivity index (χ3v) is 5.11. The fraction of sp³-hybridized carbons (Fsp3) is 1.00. The van der Waals surface area contributed by atoms with Crippen LogP contribution in [0, 0.1) is 0 Å². The van der Waals surface area contributed by atoms with E-state index < -0.39 is 9.97 Å². The average Bonchev–Trinajstić information content (AvgIpc) is 2.32. The van der Waals surface area contributed by atoms with Crippen LogP contribution in [-0.2, 0) is 9.97 Å². The highest BCUT2D eigenvalue weighted by Gasteiger charge is 2.31. The monoisotopic (exact) mass is 304 g/mol. The maximum Gasteiger partial charge on any atom is 0.315 e. The summed E-state index contributed by atoms with van der Waals surface area (Å²) in [5, 5.41) is -0.256. The molecule has 0 aromatic rings. The molecule has 20 heavy (non-hydrogen) atoms. The summed E-state index contributed by atoms with van der Waals surface area (Å²) in [6.45, 7) is 6.30. The van der Waals surface area contributed by atoms with Crippen LogP contribution in [0.25, 0.3) is 0 Å². The van der Waals surface area contributed by atoms with Gasteiger partial charge in [-0.25, -0.2) is 8.42 Å². The van der Waals surface area contributed by atoms with Crippen LogP contribution in [-0.4, -0.2) is 19.5 Å². The Labute approximate surface area is 126 Å². The normalized spacial score (nSPS) is 15.0. The second-order valence-corrected chi connectivity index (χ2v) is 7.96. The molecule has 0 rings (SSSR count). The van der Waals surface area contributed by atoms with Crippen molar-refractivity contribution in [3.8, 4) is 0 Å². The predicted molar refractivity (Wildman–Crippen MR) is 89.2 cm³/mol. The first-order chi connectivity index (χ1) is 9.33. The van der Waals surface area contributed by atoms with Crippen LogP contribution in [0.15, 0.2) is 0 Å². The summed E-state index contributed by atoms with van der Waals surface area (Å²) in [6.07, 6.45) is 12.4. The van der Waals surface area contributed by atoms with Gasteiger partial charge in [-0.3, -0.25) is 4.55 Å². The average molecular weight is 304 g/mol. The van der Waals surface area contributed by atoms with E-state index in [0.29, 0.717) is 0 Å². The lowest BCUT2D eigenvalue weighted by molar-refractivity contribution is 0.446. The van der Waals surface area contributed by atoms with Crippen LogP contribution in [0.4, 0.5) is 0 Å². The highest BCUT2D eigenvalue weighted by atomic mass is 32.2. The van der Waals surface area contributed by atoms with Crippen molar-refractivity contribution >= 4 is 16.5 Å². The fourth-order valence-electron chi connectivity index (χ4n) is 2.84. The molecule has 0 saturated carbocycles. The van der Waals surface area contributed by atoms with E-state index in [1.807, 2.05) is 6.92 Å². The molecule has 1 atom stereocenters. The minimum absolute atomic E-state index is 0.0834. The van der Waals surface area contributed by atoms with Crippen LogP contribution in [0.2, 0.25) is 5.31 Å². The summed E-state index contributed by atoms with van der Waals surface area (Å²) >= 11 is 0. The van der Waals surface area contributed by atoms with Crippen LogP contribution in [0.3, 0.4) is 0 Å². The SMILES string of the molecule is CCCCCCCC(C)(BS(=O)(=O)O)CCCCCC.